The Kier molecular flexibility index (Phi) is 15.8. The first kappa shape index (κ1) is 35.7. The van der Waals surface area contributed by atoms with Crippen molar-refractivity contribution in [3.05, 3.63) is 0 Å². The standard InChI is InChI=1S/C14H26O3.C13H25FO3.2CH4/c1-9(2)15-8-14-7-6-12(11(5)17-14)13(14)16-10(3)4;1-8(2)15-7-11-13(17-9(3)4)12(14)10(5)6-16-11;;/h9-13H,6-8H2,1-5H3;8-13H,6-7H2,1-5H3;2*1H4/t11-,12-,13-,14+;10-,11-,12+,13-;;/m01../s1. The molecule has 0 aromatic carbocycles. The molecule has 36 heavy (non-hydrogen) atoms. The Morgan fingerprint density at radius 2 is 1.44 bits per heavy atom. The van der Waals surface area contributed by atoms with E-state index in [9.17, 15) is 4.39 Å². The van der Waals surface area contributed by atoms with Crippen molar-refractivity contribution in [2.75, 3.05) is 19.8 Å². The molecule has 1 aliphatic carbocycles. The number of hydrogen-bond acceptors (Lipinski definition) is 6. The highest BCUT2D eigenvalue weighted by molar-refractivity contribution is 5.08. The zero-order valence-electron chi connectivity index (χ0n) is 23.2. The van der Waals surface area contributed by atoms with Gasteiger partial charge in [0.1, 0.15) is 24.0 Å². The molecular formula is C29H59FO6. The van der Waals surface area contributed by atoms with Gasteiger partial charge in [-0.05, 0) is 75.2 Å². The first-order valence-corrected chi connectivity index (χ1v) is 13.3. The van der Waals surface area contributed by atoms with Gasteiger partial charge in [-0.15, -0.1) is 0 Å². The minimum Gasteiger partial charge on any atom is -0.376 e. The van der Waals surface area contributed by atoms with Gasteiger partial charge in [0, 0.05) is 11.8 Å². The van der Waals surface area contributed by atoms with Crippen LogP contribution in [0.3, 0.4) is 0 Å². The Morgan fingerprint density at radius 3 is 1.94 bits per heavy atom. The van der Waals surface area contributed by atoms with Crippen LogP contribution in [0.4, 0.5) is 4.39 Å². The van der Waals surface area contributed by atoms with Crippen LogP contribution in [0.15, 0.2) is 0 Å². The van der Waals surface area contributed by atoms with Crippen LogP contribution in [0.1, 0.15) is 96.9 Å². The molecular weight excluding hydrogens is 463 g/mol. The Balaban J connectivity index is 0.000000645. The molecule has 7 heteroatoms. The predicted molar refractivity (Wildman–Crippen MR) is 145 cm³/mol. The quantitative estimate of drug-likeness (QED) is 0.321. The van der Waals surface area contributed by atoms with E-state index < -0.39 is 12.3 Å². The second-order valence-corrected chi connectivity index (χ2v) is 11.4. The zero-order valence-corrected chi connectivity index (χ0v) is 23.2. The lowest BCUT2D eigenvalue weighted by Gasteiger charge is -2.38. The summed E-state index contributed by atoms with van der Waals surface area (Å²) < 4.78 is 49.0. The molecule has 8 atom stereocenters. The van der Waals surface area contributed by atoms with Crippen molar-refractivity contribution in [1.29, 1.82) is 0 Å². The highest BCUT2D eigenvalue weighted by Crippen LogP contribution is 2.50. The van der Waals surface area contributed by atoms with Gasteiger partial charge in [-0.3, -0.25) is 0 Å². The minimum atomic E-state index is -0.980. The highest BCUT2D eigenvalue weighted by atomic mass is 19.1. The van der Waals surface area contributed by atoms with E-state index in [1.165, 1.54) is 6.42 Å². The van der Waals surface area contributed by atoms with Crippen molar-refractivity contribution < 1.29 is 32.8 Å². The van der Waals surface area contributed by atoms with E-state index >= 15 is 0 Å². The Hall–Kier alpha value is -0.310. The molecule has 0 aromatic rings. The maximum Gasteiger partial charge on any atom is 0.134 e. The van der Waals surface area contributed by atoms with Crippen LogP contribution in [0.25, 0.3) is 0 Å². The number of alkyl halides is 1. The number of rotatable bonds is 10. The Bertz CT molecular complexity index is 586. The largest absolute Gasteiger partial charge is 0.376 e. The summed E-state index contributed by atoms with van der Waals surface area (Å²) in [5, 5.41) is 0. The van der Waals surface area contributed by atoms with Crippen molar-refractivity contribution in [3.8, 4) is 0 Å². The SMILES string of the molecule is C.C.CC(C)OC[C@@]12CC[C@@H]([C@H](C)O1)[C@@H]2OC(C)C.CC(C)OC[C@H]1OC[C@@H](C)[C@H](F)[C@@H]1OC(C)C. The van der Waals surface area contributed by atoms with Crippen molar-refractivity contribution >= 4 is 0 Å². The van der Waals surface area contributed by atoms with E-state index in [2.05, 4.69) is 34.6 Å². The lowest BCUT2D eigenvalue weighted by atomic mass is 9.95. The summed E-state index contributed by atoms with van der Waals surface area (Å²) in [6.45, 7) is 21.6. The number of ether oxygens (including phenoxy) is 6. The van der Waals surface area contributed by atoms with Gasteiger partial charge in [-0.1, -0.05) is 21.8 Å². The molecule has 218 valence electrons. The normalized spacial score (nSPS) is 35.6. The maximum absolute atomic E-state index is 14.1. The van der Waals surface area contributed by atoms with Crippen LogP contribution in [0.5, 0.6) is 0 Å². The molecule has 0 spiro atoms. The monoisotopic (exact) mass is 522 g/mol. The molecule has 0 unspecified atom stereocenters. The summed E-state index contributed by atoms with van der Waals surface area (Å²) in [7, 11) is 0. The van der Waals surface area contributed by atoms with Gasteiger partial charge in [0.2, 0.25) is 0 Å². The molecule has 3 rings (SSSR count). The fourth-order valence-corrected chi connectivity index (χ4v) is 5.07. The van der Waals surface area contributed by atoms with Crippen LogP contribution >= 0.6 is 0 Å². The first-order chi connectivity index (χ1) is 15.9. The lowest BCUT2D eigenvalue weighted by Crippen LogP contribution is -2.51. The minimum absolute atomic E-state index is 0. The van der Waals surface area contributed by atoms with Gasteiger partial charge in [-0.25, -0.2) is 4.39 Å². The van der Waals surface area contributed by atoms with Crippen molar-refractivity contribution in [3.63, 3.8) is 0 Å². The van der Waals surface area contributed by atoms with E-state index in [1.54, 1.807) is 0 Å². The first-order valence-electron chi connectivity index (χ1n) is 13.3. The second kappa shape index (κ2) is 15.9. The summed E-state index contributed by atoms with van der Waals surface area (Å²) in [6.07, 6.45) is 1.64. The van der Waals surface area contributed by atoms with Crippen molar-refractivity contribution in [2.45, 2.75) is 158 Å². The van der Waals surface area contributed by atoms with Gasteiger partial charge in [0.25, 0.3) is 0 Å². The third-order valence-electron chi connectivity index (χ3n) is 6.73. The molecule has 0 aromatic heterocycles. The highest BCUT2D eigenvalue weighted by Gasteiger charge is 2.59. The van der Waals surface area contributed by atoms with E-state index in [-0.39, 0.29) is 63.0 Å². The Morgan fingerprint density at radius 1 is 0.861 bits per heavy atom. The van der Waals surface area contributed by atoms with Crippen LogP contribution in [0, 0.1) is 11.8 Å². The molecule has 2 saturated heterocycles. The molecule has 2 heterocycles. The molecule has 0 radical (unpaired) electrons. The van der Waals surface area contributed by atoms with Gasteiger partial charge in [-0.2, -0.15) is 0 Å². The van der Waals surface area contributed by atoms with E-state index in [0.29, 0.717) is 31.8 Å². The molecule has 0 amide bonds. The van der Waals surface area contributed by atoms with Gasteiger partial charge >= 0.3 is 0 Å². The number of halogens is 1. The molecule has 3 fully saturated rings. The van der Waals surface area contributed by atoms with E-state index in [1.807, 2.05) is 34.6 Å². The molecule has 3 aliphatic rings. The van der Waals surface area contributed by atoms with E-state index in [4.69, 9.17) is 28.4 Å². The third-order valence-corrected chi connectivity index (χ3v) is 6.73. The topological polar surface area (TPSA) is 55.4 Å². The second-order valence-electron chi connectivity index (χ2n) is 11.4. The zero-order chi connectivity index (χ0) is 25.6. The summed E-state index contributed by atoms with van der Waals surface area (Å²) >= 11 is 0. The maximum atomic E-state index is 14.1. The summed E-state index contributed by atoms with van der Waals surface area (Å²) in [5.74, 6) is 0.433. The fourth-order valence-electron chi connectivity index (χ4n) is 5.07. The average molecular weight is 523 g/mol. The van der Waals surface area contributed by atoms with Crippen molar-refractivity contribution in [1.82, 2.24) is 0 Å². The average Bonchev–Trinajstić information content (AvgIpc) is 3.19. The predicted octanol–water partition coefficient (Wildman–Crippen LogP) is 6.62. The van der Waals surface area contributed by atoms with Gasteiger partial charge in [0.05, 0.1) is 56.4 Å². The van der Waals surface area contributed by atoms with Crippen LogP contribution in [-0.2, 0) is 28.4 Å². The summed E-state index contributed by atoms with van der Waals surface area (Å²) in [4.78, 5) is 0. The number of hydrogen-bond donors (Lipinski definition) is 0. The fraction of sp³-hybridized carbons (Fsp3) is 1.00. The van der Waals surface area contributed by atoms with Crippen LogP contribution in [-0.4, -0.2) is 80.4 Å². The van der Waals surface area contributed by atoms with Crippen molar-refractivity contribution in [2.24, 2.45) is 11.8 Å². The van der Waals surface area contributed by atoms with Gasteiger partial charge < -0.3 is 28.4 Å². The molecule has 1 saturated carbocycles. The van der Waals surface area contributed by atoms with Crippen LogP contribution in [0.2, 0.25) is 0 Å². The smallest absolute Gasteiger partial charge is 0.134 e. The number of fused-ring (bicyclic) bond motifs is 2. The van der Waals surface area contributed by atoms with Gasteiger partial charge in [0.15, 0.2) is 0 Å². The molecule has 0 N–H and O–H groups in total. The Labute approximate surface area is 222 Å². The lowest BCUT2D eigenvalue weighted by molar-refractivity contribution is -0.191. The van der Waals surface area contributed by atoms with Crippen LogP contribution < -0.4 is 0 Å². The molecule has 2 bridgehead atoms. The van der Waals surface area contributed by atoms with E-state index in [0.717, 1.165) is 6.42 Å². The third kappa shape index (κ3) is 9.77. The molecule has 2 aliphatic heterocycles. The summed E-state index contributed by atoms with van der Waals surface area (Å²) in [5.41, 5.74) is -0.182. The molecule has 6 nitrogen and oxygen atoms in total. The summed E-state index contributed by atoms with van der Waals surface area (Å²) in [6, 6.07) is 0.